The van der Waals surface area contributed by atoms with Gasteiger partial charge in [0.1, 0.15) is 24.7 Å². The Bertz CT molecular complexity index is 699. The van der Waals surface area contributed by atoms with E-state index in [0.29, 0.717) is 35.3 Å². The molecular formula is C21H26ClNO3. The second-order valence-corrected chi connectivity index (χ2v) is 6.41. The lowest BCUT2D eigenvalue weighted by atomic mass is 10.1. The summed E-state index contributed by atoms with van der Waals surface area (Å²) < 4.78 is 11.3. The van der Waals surface area contributed by atoms with Crippen molar-refractivity contribution < 1.29 is 14.3 Å². The number of carbonyl (C=O) groups is 1. The molecule has 0 saturated carbocycles. The fraction of sp³-hybridized carbons (Fsp3) is 0.381. The van der Waals surface area contributed by atoms with Gasteiger partial charge in [-0.3, -0.25) is 4.79 Å². The van der Waals surface area contributed by atoms with E-state index in [1.807, 2.05) is 35.2 Å². The lowest BCUT2D eigenvalue weighted by Gasteiger charge is -2.21. The fourth-order valence-corrected chi connectivity index (χ4v) is 2.81. The predicted molar refractivity (Wildman–Crippen MR) is 105 cm³/mol. The molecule has 2 rings (SSSR count). The Balaban J connectivity index is 1.88. The van der Waals surface area contributed by atoms with Crippen molar-refractivity contribution in [3.8, 4) is 11.5 Å². The Hall–Kier alpha value is -2.20. The normalized spacial score (nSPS) is 10.4. The van der Waals surface area contributed by atoms with Gasteiger partial charge in [0.2, 0.25) is 0 Å². The van der Waals surface area contributed by atoms with Gasteiger partial charge in [-0.05, 0) is 49.2 Å². The predicted octanol–water partition coefficient (Wildman–Crippen LogP) is 5.06. The second-order valence-electron chi connectivity index (χ2n) is 5.97. The molecule has 0 aromatic heterocycles. The summed E-state index contributed by atoms with van der Waals surface area (Å²) in [6.45, 7) is 6.48. The zero-order valence-electron chi connectivity index (χ0n) is 15.4. The molecule has 2 aromatic rings. The lowest BCUT2D eigenvalue weighted by Crippen LogP contribution is -2.32. The van der Waals surface area contributed by atoms with Crippen molar-refractivity contribution >= 4 is 17.5 Å². The molecule has 0 saturated heterocycles. The molecule has 1 amide bonds. The quantitative estimate of drug-likeness (QED) is 0.545. The summed E-state index contributed by atoms with van der Waals surface area (Å²) in [5.74, 6) is 1.42. The van der Waals surface area contributed by atoms with Crippen molar-refractivity contribution in [2.75, 3.05) is 26.3 Å². The number of carbonyl (C=O) groups excluding carboxylic acids is 1. The summed E-state index contributed by atoms with van der Waals surface area (Å²) in [7, 11) is 0. The van der Waals surface area contributed by atoms with Gasteiger partial charge in [0.05, 0.1) is 0 Å². The molecule has 0 heterocycles. The van der Waals surface area contributed by atoms with E-state index in [-0.39, 0.29) is 5.91 Å². The molecule has 5 heteroatoms. The zero-order valence-corrected chi connectivity index (χ0v) is 16.2. The van der Waals surface area contributed by atoms with E-state index in [0.717, 1.165) is 25.9 Å². The first kappa shape index (κ1) is 20.1. The highest BCUT2D eigenvalue weighted by atomic mass is 35.5. The van der Waals surface area contributed by atoms with Crippen molar-refractivity contribution in [1.29, 1.82) is 0 Å². The molecule has 2 aromatic carbocycles. The smallest absolute Gasteiger partial charge is 0.253 e. The second kappa shape index (κ2) is 10.7. The summed E-state index contributed by atoms with van der Waals surface area (Å²) in [4.78, 5) is 14.5. The maximum atomic E-state index is 12.7. The standard InChI is InChI=1S/C21H26ClNO3/c1-3-11-23(12-4-2)21(24)17-7-5-9-19(15-17)25-13-14-26-20-10-6-8-18(22)16-20/h5-10,15-16H,3-4,11-14H2,1-2H3. The average molecular weight is 376 g/mol. The van der Waals surface area contributed by atoms with Gasteiger partial charge in [-0.25, -0.2) is 0 Å². The first-order chi connectivity index (χ1) is 12.6. The summed E-state index contributed by atoms with van der Waals surface area (Å²) in [6, 6.07) is 14.6. The van der Waals surface area contributed by atoms with Crippen LogP contribution in [0.15, 0.2) is 48.5 Å². The molecule has 26 heavy (non-hydrogen) atoms. The molecule has 0 spiro atoms. The first-order valence-corrected chi connectivity index (χ1v) is 9.42. The number of benzene rings is 2. The molecule has 0 N–H and O–H groups in total. The first-order valence-electron chi connectivity index (χ1n) is 9.04. The maximum Gasteiger partial charge on any atom is 0.253 e. The minimum Gasteiger partial charge on any atom is -0.490 e. The van der Waals surface area contributed by atoms with Crippen LogP contribution in [0.4, 0.5) is 0 Å². The van der Waals surface area contributed by atoms with E-state index in [4.69, 9.17) is 21.1 Å². The van der Waals surface area contributed by atoms with Gasteiger partial charge < -0.3 is 14.4 Å². The minimum atomic E-state index is 0.0503. The van der Waals surface area contributed by atoms with Crippen LogP contribution >= 0.6 is 11.6 Å². The molecule has 0 aliphatic heterocycles. The van der Waals surface area contributed by atoms with Gasteiger partial charge in [-0.2, -0.15) is 0 Å². The third-order valence-electron chi connectivity index (χ3n) is 3.77. The van der Waals surface area contributed by atoms with Crippen LogP contribution < -0.4 is 9.47 Å². The maximum absolute atomic E-state index is 12.7. The SMILES string of the molecule is CCCN(CCC)C(=O)c1cccc(OCCOc2cccc(Cl)c2)c1. The summed E-state index contributed by atoms with van der Waals surface area (Å²) in [6.07, 6.45) is 1.89. The molecule has 140 valence electrons. The van der Waals surface area contributed by atoms with Gasteiger partial charge in [0.25, 0.3) is 5.91 Å². The Morgan fingerprint density at radius 3 is 2.08 bits per heavy atom. The largest absolute Gasteiger partial charge is 0.490 e. The Labute approximate surface area is 160 Å². The number of nitrogens with zero attached hydrogens (tertiary/aromatic N) is 1. The number of ether oxygens (including phenoxy) is 2. The molecule has 0 aliphatic rings. The number of amides is 1. The molecule has 0 bridgehead atoms. The molecule has 0 aliphatic carbocycles. The zero-order chi connectivity index (χ0) is 18.8. The van der Waals surface area contributed by atoms with Gasteiger partial charge in [0, 0.05) is 23.7 Å². The highest BCUT2D eigenvalue weighted by molar-refractivity contribution is 6.30. The van der Waals surface area contributed by atoms with E-state index in [9.17, 15) is 4.79 Å². The van der Waals surface area contributed by atoms with Gasteiger partial charge >= 0.3 is 0 Å². The van der Waals surface area contributed by atoms with E-state index in [1.165, 1.54) is 0 Å². The monoisotopic (exact) mass is 375 g/mol. The fourth-order valence-electron chi connectivity index (χ4n) is 2.63. The third-order valence-corrected chi connectivity index (χ3v) is 4.01. The van der Waals surface area contributed by atoms with Crippen LogP contribution in [-0.4, -0.2) is 37.1 Å². The minimum absolute atomic E-state index is 0.0503. The molecule has 0 radical (unpaired) electrons. The summed E-state index contributed by atoms with van der Waals surface area (Å²) in [5.41, 5.74) is 0.653. The van der Waals surface area contributed by atoms with Gasteiger partial charge in [-0.1, -0.05) is 37.6 Å². The molecular weight excluding hydrogens is 350 g/mol. The Kier molecular flexibility index (Phi) is 8.29. The van der Waals surface area contributed by atoms with Crippen molar-refractivity contribution in [1.82, 2.24) is 4.90 Å². The van der Waals surface area contributed by atoms with Crippen LogP contribution in [-0.2, 0) is 0 Å². The molecule has 0 fully saturated rings. The topological polar surface area (TPSA) is 38.8 Å². The van der Waals surface area contributed by atoms with E-state index >= 15 is 0 Å². The highest BCUT2D eigenvalue weighted by Crippen LogP contribution is 2.18. The van der Waals surface area contributed by atoms with Crippen molar-refractivity contribution in [3.05, 3.63) is 59.1 Å². The van der Waals surface area contributed by atoms with E-state index in [2.05, 4.69) is 13.8 Å². The van der Waals surface area contributed by atoms with Crippen LogP contribution in [0, 0.1) is 0 Å². The number of rotatable bonds is 10. The van der Waals surface area contributed by atoms with Crippen LogP contribution in [0.1, 0.15) is 37.0 Å². The van der Waals surface area contributed by atoms with Gasteiger partial charge in [0.15, 0.2) is 0 Å². The Morgan fingerprint density at radius 1 is 0.923 bits per heavy atom. The van der Waals surface area contributed by atoms with E-state index < -0.39 is 0 Å². The van der Waals surface area contributed by atoms with Crippen LogP contribution in [0.5, 0.6) is 11.5 Å². The van der Waals surface area contributed by atoms with Crippen molar-refractivity contribution in [3.63, 3.8) is 0 Å². The van der Waals surface area contributed by atoms with Crippen LogP contribution in [0.2, 0.25) is 5.02 Å². The Morgan fingerprint density at radius 2 is 1.50 bits per heavy atom. The highest BCUT2D eigenvalue weighted by Gasteiger charge is 2.14. The lowest BCUT2D eigenvalue weighted by molar-refractivity contribution is 0.0755. The third kappa shape index (κ3) is 6.26. The van der Waals surface area contributed by atoms with Crippen molar-refractivity contribution in [2.45, 2.75) is 26.7 Å². The van der Waals surface area contributed by atoms with Crippen LogP contribution in [0.25, 0.3) is 0 Å². The molecule has 0 unspecified atom stereocenters. The molecule has 4 nitrogen and oxygen atoms in total. The average Bonchev–Trinajstić information content (AvgIpc) is 2.65. The van der Waals surface area contributed by atoms with E-state index in [1.54, 1.807) is 18.2 Å². The van der Waals surface area contributed by atoms with Gasteiger partial charge in [-0.15, -0.1) is 0 Å². The molecule has 0 atom stereocenters. The number of halogens is 1. The van der Waals surface area contributed by atoms with Crippen molar-refractivity contribution in [2.24, 2.45) is 0 Å². The number of hydrogen-bond acceptors (Lipinski definition) is 3. The summed E-state index contributed by atoms with van der Waals surface area (Å²) >= 11 is 5.92. The number of hydrogen-bond donors (Lipinski definition) is 0. The summed E-state index contributed by atoms with van der Waals surface area (Å²) in [5, 5.41) is 0.637. The van der Waals surface area contributed by atoms with Crippen LogP contribution in [0.3, 0.4) is 0 Å².